The van der Waals surface area contributed by atoms with Gasteiger partial charge in [-0.25, -0.2) is 4.98 Å². The topological polar surface area (TPSA) is 65.5 Å². The van der Waals surface area contributed by atoms with Crippen LogP contribution in [0.5, 0.6) is 0 Å². The van der Waals surface area contributed by atoms with E-state index in [9.17, 15) is 9.59 Å². The molecule has 6 nitrogen and oxygen atoms in total. The van der Waals surface area contributed by atoms with Gasteiger partial charge in [-0.05, 0) is 25.5 Å². The molecule has 0 aliphatic carbocycles. The van der Waals surface area contributed by atoms with Crippen molar-refractivity contribution < 1.29 is 9.59 Å². The predicted octanol–water partition coefficient (Wildman–Crippen LogP) is 1.21. The Morgan fingerprint density at radius 3 is 2.90 bits per heavy atom. The zero-order valence-electron chi connectivity index (χ0n) is 12.8. The van der Waals surface area contributed by atoms with Crippen molar-refractivity contribution in [1.82, 2.24) is 14.8 Å². The Hall–Kier alpha value is -2.11. The van der Waals surface area contributed by atoms with E-state index in [-0.39, 0.29) is 17.9 Å². The summed E-state index contributed by atoms with van der Waals surface area (Å²) in [7, 11) is 1.77. The van der Waals surface area contributed by atoms with Crippen molar-refractivity contribution in [2.75, 3.05) is 32.0 Å². The van der Waals surface area contributed by atoms with Gasteiger partial charge in [-0.15, -0.1) is 0 Å². The zero-order chi connectivity index (χ0) is 15.4. The number of hydrogen-bond acceptors (Lipinski definition) is 4. The molecule has 1 atom stereocenters. The third-order valence-corrected chi connectivity index (χ3v) is 3.90. The van der Waals surface area contributed by atoms with E-state index in [1.54, 1.807) is 32.3 Å². The summed E-state index contributed by atoms with van der Waals surface area (Å²) >= 11 is 0. The van der Waals surface area contributed by atoms with Crippen molar-refractivity contribution in [3.05, 3.63) is 23.9 Å². The maximum Gasteiger partial charge on any atom is 0.254 e. The molecule has 1 aliphatic rings. The summed E-state index contributed by atoms with van der Waals surface area (Å²) in [6.45, 7) is 5.51. The van der Waals surface area contributed by atoms with E-state index in [1.165, 1.54) is 0 Å². The molecular weight excluding hydrogens is 268 g/mol. The molecule has 1 aromatic heterocycles. The van der Waals surface area contributed by atoms with Crippen LogP contribution in [0.15, 0.2) is 18.3 Å². The van der Waals surface area contributed by atoms with Crippen molar-refractivity contribution in [2.24, 2.45) is 0 Å². The average molecular weight is 290 g/mol. The first kappa shape index (κ1) is 15.3. The molecule has 0 aromatic carbocycles. The van der Waals surface area contributed by atoms with Crippen LogP contribution in [0.1, 0.15) is 30.6 Å². The molecule has 1 aromatic rings. The molecule has 2 amide bonds. The monoisotopic (exact) mass is 290 g/mol. The lowest BCUT2D eigenvalue weighted by atomic mass is 10.2. The summed E-state index contributed by atoms with van der Waals surface area (Å²) in [4.78, 5) is 31.9. The Kier molecular flexibility index (Phi) is 4.77. The number of pyridine rings is 1. The van der Waals surface area contributed by atoms with Gasteiger partial charge in [0.1, 0.15) is 5.82 Å². The lowest BCUT2D eigenvalue weighted by Gasteiger charge is -2.26. The van der Waals surface area contributed by atoms with Crippen LogP contribution in [-0.2, 0) is 4.79 Å². The molecule has 0 radical (unpaired) electrons. The molecule has 1 N–H and O–H groups in total. The molecular formula is C15H22N4O2. The maximum atomic E-state index is 12.5. The fourth-order valence-electron chi connectivity index (χ4n) is 2.80. The number of likely N-dealkylation sites (N-methyl/N-ethyl adjacent to an activating group) is 1. The van der Waals surface area contributed by atoms with Crippen LogP contribution in [0.2, 0.25) is 0 Å². The summed E-state index contributed by atoms with van der Waals surface area (Å²) in [5.41, 5.74) is 0.626. The highest BCUT2D eigenvalue weighted by molar-refractivity contribution is 5.95. The van der Waals surface area contributed by atoms with Gasteiger partial charge in [0.2, 0.25) is 5.91 Å². The number of amides is 2. The van der Waals surface area contributed by atoms with E-state index in [1.807, 2.05) is 16.7 Å². The smallest absolute Gasteiger partial charge is 0.254 e. The fraction of sp³-hybridized carbons (Fsp3) is 0.533. The van der Waals surface area contributed by atoms with Gasteiger partial charge < -0.3 is 15.1 Å². The third kappa shape index (κ3) is 3.32. The van der Waals surface area contributed by atoms with Crippen LogP contribution in [0.25, 0.3) is 0 Å². The van der Waals surface area contributed by atoms with Gasteiger partial charge in [0, 0.05) is 45.4 Å². The van der Waals surface area contributed by atoms with E-state index in [0.29, 0.717) is 31.0 Å². The predicted molar refractivity (Wildman–Crippen MR) is 81.2 cm³/mol. The van der Waals surface area contributed by atoms with Crippen molar-refractivity contribution in [3.8, 4) is 0 Å². The Morgan fingerprint density at radius 1 is 1.52 bits per heavy atom. The second-order valence-corrected chi connectivity index (χ2v) is 5.18. The van der Waals surface area contributed by atoms with Crippen LogP contribution in [-0.4, -0.2) is 59.3 Å². The SMILES string of the molecule is CCN(C(C)=O)C1CCN(C(=O)c2ccnc(NC)c2)C1. The fourth-order valence-corrected chi connectivity index (χ4v) is 2.80. The Balaban J connectivity index is 2.06. The molecule has 1 saturated heterocycles. The number of carbonyl (C=O) groups is 2. The van der Waals surface area contributed by atoms with Gasteiger partial charge in [0.25, 0.3) is 5.91 Å². The first-order chi connectivity index (χ1) is 10.1. The van der Waals surface area contributed by atoms with Gasteiger partial charge in [0.05, 0.1) is 6.04 Å². The molecule has 0 spiro atoms. The van der Waals surface area contributed by atoms with E-state index in [2.05, 4.69) is 10.3 Å². The molecule has 2 heterocycles. The number of rotatable bonds is 4. The second kappa shape index (κ2) is 6.56. The minimum Gasteiger partial charge on any atom is -0.373 e. The Labute approximate surface area is 125 Å². The van der Waals surface area contributed by atoms with E-state index in [4.69, 9.17) is 0 Å². The summed E-state index contributed by atoms with van der Waals surface area (Å²) in [6, 6.07) is 3.60. The summed E-state index contributed by atoms with van der Waals surface area (Å²) in [5, 5.41) is 2.93. The minimum absolute atomic E-state index is 0.00370. The Morgan fingerprint density at radius 2 is 2.29 bits per heavy atom. The number of hydrogen-bond donors (Lipinski definition) is 1. The van der Waals surface area contributed by atoms with Gasteiger partial charge >= 0.3 is 0 Å². The van der Waals surface area contributed by atoms with Crippen molar-refractivity contribution in [3.63, 3.8) is 0 Å². The lowest BCUT2D eigenvalue weighted by Crippen LogP contribution is -2.41. The number of nitrogens with zero attached hydrogens (tertiary/aromatic N) is 3. The largest absolute Gasteiger partial charge is 0.373 e. The van der Waals surface area contributed by atoms with E-state index >= 15 is 0 Å². The molecule has 21 heavy (non-hydrogen) atoms. The summed E-state index contributed by atoms with van der Waals surface area (Å²) in [5.74, 6) is 0.740. The van der Waals surface area contributed by atoms with Crippen LogP contribution in [0.4, 0.5) is 5.82 Å². The number of likely N-dealkylation sites (tertiary alicyclic amines) is 1. The molecule has 114 valence electrons. The highest BCUT2D eigenvalue weighted by atomic mass is 16.2. The first-order valence-corrected chi connectivity index (χ1v) is 7.27. The van der Waals surface area contributed by atoms with Crippen LogP contribution >= 0.6 is 0 Å². The zero-order valence-corrected chi connectivity index (χ0v) is 12.8. The van der Waals surface area contributed by atoms with Crippen molar-refractivity contribution in [1.29, 1.82) is 0 Å². The molecule has 2 rings (SSSR count). The van der Waals surface area contributed by atoms with Crippen LogP contribution in [0, 0.1) is 0 Å². The second-order valence-electron chi connectivity index (χ2n) is 5.18. The number of anilines is 1. The highest BCUT2D eigenvalue weighted by Crippen LogP contribution is 2.19. The molecule has 0 bridgehead atoms. The minimum atomic E-state index is -0.00370. The first-order valence-electron chi connectivity index (χ1n) is 7.27. The van der Waals surface area contributed by atoms with E-state index < -0.39 is 0 Å². The number of nitrogens with one attached hydrogen (secondary N) is 1. The van der Waals surface area contributed by atoms with Crippen molar-refractivity contribution in [2.45, 2.75) is 26.3 Å². The number of aromatic nitrogens is 1. The standard InChI is InChI=1S/C15H22N4O2/c1-4-19(11(2)20)13-6-8-18(10-13)15(21)12-5-7-17-14(9-12)16-3/h5,7,9,13H,4,6,8,10H2,1-3H3,(H,16,17). The van der Waals surface area contributed by atoms with Gasteiger partial charge in [-0.3, -0.25) is 9.59 Å². The lowest BCUT2D eigenvalue weighted by molar-refractivity contribution is -0.130. The van der Waals surface area contributed by atoms with E-state index in [0.717, 1.165) is 6.42 Å². The summed E-state index contributed by atoms with van der Waals surface area (Å²) < 4.78 is 0. The van der Waals surface area contributed by atoms with Gasteiger partial charge in [0.15, 0.2) is 0 Å². The molecule has 1 aliphatic heterocycles. The number of carbonyl (C=O) groups excluding carboxylic acids is 2. The Bertz CT molecular complexity index is 532. The quantitative estimate of drug-likeness (QED) is 0.905. The molecule has 6 heteroatoms. The molecule has 0 saturated carbocycles. The third-order valence-electron chi connectivity index (χ3n) is 3.90. The van der Waals surface area contributed by atoms with Crippen molar-refractivity contribution >= 4 is 17.6 Å². The van der Waals surface area contributed by atoms with Crippen LogP contribution < -0.4 is 5.32 Å². The summed E-state index contributed by atoms with van der Waals surface area (Å²) in [6.07, 6.45) is 2.46. The molecule has 1 fully saturated rings. The van der Waals surface area contributed by atoms with Crippen LogP contribution in [0.3, 0.4) is 0 Å². The molecule has 1 unspecified atom stereocenters. The normalized spacial score (nSPS) is 17.7. The van der Waals surface area contributed by atoms with Gasteiger partial charge in [-0.1, -0.05) is 0 Å². The average Bonchev–Trinajstić information content (AvgIpc) is 2.96. The highest BCUT2D eigenvalue weighted by Gasteiger charge is 2.31. The van der Waals surface area contributed by atoms with Gasteiger partial charge in [-0.2, -0.15) is 0 Å². The maximum absolute atomic E-state index is 12.5.